The number of amides is 2. The summed E-state index contributed by atoms with van der Waals surface area (Å²) in [5.41, 5.74) is -0.784. The summed E-state index contributed by atoms with van der Waals surface area (Å²) in [6, 6.07) is 3.13. The van der Waals surface area contributed by atoms with Crippen molar-refractivity contribution in [2.24, 2.45) is 0 Å². The van der Waals surface area contributed by atoms with Crippen molar-refractivity contribution < 1.29 is 27.7 Å². The number of hydrogen-bond acceptors (Lipinski definition) is 7. The highest BCUT2D eigenvalue weighted by Gasteiger charge is 2.31. The SMILES string of the molecule is CCOC(=O)N1CCN(C(=O)c2cc(S(=O)(=O)N(C)C)ccc2[N+](=O)[O-])CC1. The Bertz CT molecular complexity index is 877. The Kier molecular flexibility index (Phi) is 6.56. The number of carbonyl (C=O) groups is 2. The van der Waals surface area contributed by atoms with Crippen LogP contribution in [0.5, 0.6) is 0 Å². The quantitative estimate of drug-likeness (QED) is 0.513. The molecule has 12 heteroatoms. The first kappa shape index (κ1) is 21.6. The summed E-state index contributed by atoms with van der Waals surface area (Å²) in [5.74, 6) is -0.661. The normalized spacial score (nSPS) is 14.9. The molecule has 0 radical (unpaired) electrons. The molecule has 0 aliphatic carbocycles. The minimum absolute atomic E-state index is 0.152. The van der Waals surface area contributed by atoms with Gasteiger partial charge in [-0.05, 0) is 19.1 Å². The Morgan fingerprint density at radius 2 is 1.75 bits per heavy atom. The van der Waals surface area contributed by atoms with Gasteiger partial charge in [-0.1, -0.05) is 0 Å². The molecule has 2 rings (SSSR count). The van der Waals surface area contributed by atoms with Gasteiger partial charge >= 0.3 is 6.09 Å². The Hall–Kier alpha value is -2.73. The first-order valence-corrected chi connectivity index (χ1v) is 9.95. The largest absolute Gasteiger partial charge is 0.450 e. The molecule has 1 aromatic rings. The Labute approximate surface area is 162 Å². The number of nitrogens with zero attached hydrogens (tertiary/aromatic N) is 4. The van der Waals surface area contributed by atoms with E-state index in [-0.39, 0.29) is 43.2 Å². The third-order valence-electron chi connectivity index (χ3n) is 4.27. The molecular formula is C16H22N4O7S. The van der Waals surface area contributed by atoms with Crippen LogP contribution in [0.3, 0.4) is 0 Å². The van der Waals surface area contributed by atoms with Gasteiger partial charge < -0.3 is 14.5 Å². The van der Waals surface area contributed by atoms with E-state index < -0.39 is 32.6 Å². The number of carbonyl (C=O) groups excluding carboxylic acids is 2. The smallest absolute Gasteiger partial charge is 0.409 e. The molecule has 0 saturated carbocycles. The fourth-order valence-electron chi connectivity index (χ4n) is 2.69. The van der Waals surface area contributed by atoms with Crippen molar-refractivity contribution >= 4 is 27.7 Å². The number of ether oxygens (including phenoxy) is 1. The van der Waals surface area contributed by atoms with Crippen LogP contribution < -0.4 is 0 Å². The number of piperazine rings is 1. The Balaban J connectivity index is 2.29. The number of rotatable bonds is 5. The molecular weight excluding hydrogens is 392 g/mol. The van der Waals surface area contributed by atoms with Crippen LogP contribution in [-0.4, -0.2) is 86.3 Å². The average molecular weight is 414 g/mol. The predicted octanol–water partition coefficient (Wildman–Crippen LogP) is 0.759. The lowest BCUT2D eigenvalue weighted by atomic mass is 10.1. The van der Waals surface area contributed by atoms with Gasteiger partial charge in [-0.25, -0.2) is 17.5 Å². The van der Waals surface area contributed by atoms with E-state index >= 15 is 0 Å². The molecule has 0 N–H and O–H groups in total. The maximum Gasteiger partial charge on any atom is 0.409 e. The van der Waals surface area contributed by atoms with Crippen molar-refractivity contribution in [3.05, 3.63) is 33.9 Å². The Morgan fingerprint density at radius 3 is 2.25 bits per heavy atom. The van der Waals surface area contributed by atoms with E-state index in [4.69, 9.17) is 4.74 Å². The molecule has 1 saturated heterocycles. The van der Waals surface area contributed by atoms with E-state index in [0.717, 1.165) is 22.5 Å². The third-order valence-corrected chi connectivity index (χ3v) is 6.08. The van der Waals surface area contributed by atoms with Crippen LogP contribution in [0.15, 0.2) is 23.1 Å². The zero-order chi connectivity index (χ0) is 21.1. The first-order valence-electron chi connectivity index (χ1n) is 8.51. The lowest BCUT2D eigenvalue weighted by Gasteiger charge is -2.34. The van der Waals surface area contributed by atoms with Gasteiger partial charge in [0.1, 0.15) is 5.56 Å². The van der Waals surface area contributed by atoms with Gasteiger partial charge in [0.15, 0.2) is 0 Å². The number of hydrogen-bond donors (Lipinski definition) is 0. The molecule has 0 unspecified atom stereocenters. The van der Waals surface area contributed by atoms with Crippen LogP contribution in [0.1, 0.15) is 17.3 Å². The second kappa shape index (κ2) is 8.52. The molecule has 1 heterocycles. The standard InChI is InChI=1S/C16H22N4O7S/c1-4-27-16(22)19-9-7-18(8-10-19)15(21)13-11-12(28(25,26)17(2)3)5-6-14(13)20(23)24/h5-6,11H,4,7-10H2,1-3H3. The molecule has 0 spiro atoms. The summed E-state index contributed by atoms with van der Waals surface area (Å²) < 4.78 is 30.5. The summed E-state index contributed by atoms with van der Waals surface area (Å²) in [4.78, 5) is 37.8. The van der Waals surface area contributed by atoms with E-state index in [1.54, 1.807) is 6.92 Å². The fraction of sp³-hybridized carbons (Fsp3) is 0.500. The van der Waals surface area contributed by atoms with Crippen molar-refractivity contribution in [2.45, 2.75) is 11.8 Å². The van der Waals surface area contributed by atoms with Crippen LogP contribution in [0.4, 0.5) is 10.5 Å². The fourth-order valence-corrected chi connectivity index (χ4v) is 3.62. The van der Waals surface area contributed by atoms with Crippen LogP contribution in [0.2, 0.25) is 0 Å². The molecule has 0 atom stereocenters. The average Bonchev–Trinajstić information content (AvgIpc) is 2.67. The number of nitro benzene ring substituents is 1. The molecule has 2 amide bonds. The topological polar surface area (TPSA) is 130 Å². The van der Waals surface area contributed by atoms with Crippen molar-refractivity contribution in [3.63, 3.8) is 0 Å². The minimum Gasteiger partial charge on any atom is -0.450 e. The van der Waals surface area contributed by atoms with Crippen molar-refractivity contribution in [2.75, 3.05) is 46.9 Å². The molecule has 0 bridgehead atoms. The van der Waals surface area contributed by atoms with Crippen molar-refractivity contribution in [1.29, 1.82) is 0 Å². The van der Waals surface area contributed by atoms with E-state index in [2.05, 4.69) is 0 Å². The van der Waals surface area contributed by atoms with Crippen LogP contribution in [0.25, 0.3) is 0 Å². The second-order valence-corrected chi connectivity index (χ2v) is 8.35. The van der Waals surface area contributed by atoms with Gasteiger partial charge in [-0.2, -0.15) is 0 Å². The molecule has 1 fully saturated rings. The van der Waals surface area contributed by atoms with E-state index in [9.17, 15) is 28.1 Å². The van der Waals surface area contributed by atoms with E-state index in [1.165, 1.54) is 23.9 Å². The van der Waals surface area contributed by atoms with Gasteiger partial charge in [0.05, 0.1) is 16.4 Å². The lowest BCUT2D eigenvalue weighted by molar-refractivity contribution is -0.385. The highest BCUT2D eigenvalue weighted by Crippen LogP contribution is 2.25. The monoisotopic (exact) mass is 414 g/mol. The second-order valence-electron chi connectivity index (χ2n) is 6.20. The summed E-state index contributed by atoms with van der Waals surface area (Å²) >= 11 is 0. The van der Waals surface area contributed by atoms with Gasteiger partial charge in [0, 0.05) is 46.3 Å². The molecule has 1 aromatic carbocycles. The minimum atomic E-state index is -3.86. The molecule has 154 valence electrons. The van der Waals surface area contributed by atoms with E-state index in [1.807, 2.05) is 0 Å². The summed E-state index contributed by atoms with van der Waals surface area (Å²) in [7, 11) is -1.21. The molecule has 28 heavy (non-hydrogen) atoms. The van der Waals surface area contributed by atoms with E-state index in [0.29, 0.717) is 0 Å². The zero-order valence-electron chi connectivity index (χ0n) is 15.8. The maximum absolute atomic E-state index is 12.9. The first-order chi connectivity index (χ1) is 13.1. The van der Waals surface area contributed by atoms with Gasteiger partial charge in [-0.3, -0.25) is 14.9 Å². The molecule has 0 aromatic heterocycles. The number of benzene rings is 1. The molecule has 1 aliphatic rings. The summed E-state index contributed by atoms with van der Waals surface area (Å²) in [6.07, 6.45) is -0.486. The van der Waals surface area contributed by atoms with Crippen molar-refractivity contribution in [3.8, 4) is 0 Å². The number of sulfonamides is 1. The highest BCUT2D eigenvalue weighted by atomic mass is 32.2. The van der Waals surface area contributed by atoms with Gasteiger partial charge in [0.25, 0.3) is 11.6 Å². The van der Waals surface area contributed by atoms with Crippen molar-refractivity contribution in [1.82, 2.24) is 14.1 Å². The highest BCUT2D eigenvalue weighted by molar-refractivity contribution is 7.89. The Morgan fingerprint density at radius 1 is 1.18 bits per heavy atom. The van der Waals surface area contributed by atoms with Crippen LogP contribution >= 0.6 is 0 Å². The summed E-state index contributed by atoms with van der Waals surface area (Å²) in [5, 5.41) is 11.3. The van der Waals surface area contributed by atoms with Gasteiger partial charge in [0.2, 0.25) is 10.0 Å². The molecule has 11 nitrogen and oxygen atoms in total. The van der Waals surface area contributed by atoms with Gasteiger partial charge in [-0.15, -0.1) is 0 Å². The predicted molar refractivity (Wildman–Crippen MR) is 98.5 cm³/mol. The lowest BCUT2D eigenvalue weighted by Crippen LogP contribution is -2.50. The number of nitro groups is 1. The zero-order valence-corrected chi connectivity index (χ0v) is 16.6. The maximum atomic E-state index is 12.9. The van der Waals surface area contributed by atoms with Crippen LogP contribution in [-0.2, 0) is 14.8 Å². The molecule has 1 aliphatic heterocycles. The summed E-state index contributed by atoms with van der Waals surface area (Å²) in [6.45, 7) is 2.66. The third kappa shape index (κ3) is 4.39. The van der Waals surface area contributed by atoms with Crippen LogP contribution in [0, 0.1) is 10.1 Å².